The van der Waals surface area contributed by atoms with Gasteiger partial charge >= 0.3 is 18.1 Å². The van der Waals surface area contributed by atoms with Crippen molar-refractivity contribution in [3.63, 3.8) is 0 Å². The van der Waals surface area contributed by atoms with Crippen LogP contribution in [0.3, 0.4) is 0 Å². The lowest BCUT2D eigenvalue weighted by Crippen LogP contribution is -2.29. The van der Waals surface area contributed by atoms with Gasteiger partial charge in [0, 0.05) is 29.6 Å². The molecule has 0 spiro atoms. The van der Waals surface area contributed by atoms with E-state index in [-0.39, 0.29) is 29.7 Å². The second-order valence-electron chi connectivity index (χ2n) is 10.8. The van der Waals surface area contributed by atoms with Crippen LogP contribution >= 0.6 is 0 Å². The second kappa shape index (κ2) is 12.7. The van der Waals surface area contributed by atoms with E-state index in [2.05, 4.69) is 10.4 Å². The number of aromatic nitrogens is 2. The Labute approximate surface area is 250 Å². The minimum absolute atomic E-state index is 0.0579. The Morgan fingerprint density at radius 2 is 1.66 bits per heavy atom. The Morgan fingerprint density at radius 3 is 2.18 bits per heavy atom. The zero-order valence-electron chi connectivity index (χ0n) is 23.7. The predicted octanol–water partition coefficient (Wildman–Crippen LogP) is 7.12. The fraction of sp³-hybridized carbons (Fsp3) is 0.250. The van der Waals surface area contributed by atoms with Crippen LogP contribution < -0.4 is 5.32 Å². The van der Waals surface area contributed by atoms with Crippen LogP contribution in [0.1, 0.15) is 58.5 Å². The third kappa shape index (κ3) is 7.31. The summed E-state index contributed by atoms with van der Waals surface area (Å²) < 4.78 is 54.9. The first-order chi connectivity index (χ1) is 20.7. The molecule has 1 saturated carbocycles. The molecule has 1 aromatic heterocycles. The SMILES string of the molecule is CC(C)Cn1cc(-c2ccc(NC(=O)C3(c4ccc(C(F)(F)F)cc4F)CC3)cc2C(=O)O)cn1.O=C(O)c1ccccc1. The summed E-state index contributed by atoms with van der Waals surface area (Å²) in [4.78, 5) is 35.1. The lowest BCUT2D eigenvalue weighted by Gasteiger charge is -2.18. The number of carboxylic acids is 2. The summed E-state index contributed by atoms with van der Waals surface area (Å²) in [5.41, 5.74) is -1.07. The maximum atomic E-state index is 14.5. The first-order valence-electron chi connectivity index (χ1n) is 13.6. The molecule has 1 heterocycles. The number of aromatic carboxylic acids is 2. The molecule has 230 valence electrons. The van der Waals surface area contributed by atoms with Gasteiger partial charge in [0.2, 0.25) is 5.91 Å². The van der Waals surface area contributed by atoms with Crippen LogP contribution in [0, 0.1) is 11.7 Å². The molecule has 8 nitrogen and oxygen atoms in total. The molecule has 1 aliphatic rings. The highest BCUT2D eigenvalue weighted by Gasteiger charge is 2.53. The maximum absolute atomic E-state index is 14.5. The predicted molar refractivity (Wildman–Crippen MR) is 154 cm³/mol. The van der Waals surface area contributed by atoms with Gasteiger partial charge in [-0.1, -0.05) is 44.2 Å². The van der Waals surface area contributed by atoms with Crippen LogP contribution in [-0.2, 0) is 22.9 Å². The molecular weight excluding hydrogens is 582 g/mol. The summed E-state index contributed by atoms with van der Waals surface area (Å²) in [5, 5.41) is 25.0. The minimum Gasteiger partial charge on any atom is -0.478 e. The molecule has 3 N–H and O–H groups in total. The van der Waals surface area contributed by atoms with Crippen molar-refractivity contribution in [2.24, 2.45) is 5.92 Å². The van der Waals surface area contributed by atoms with Gasteiger partial charge in [-0.3, -0.25) is 9.48 Å². The van der Waals surface area contributed by atoms with E-state index in [1.54, 1.807) is 53.5 Å². The first kappa shape index (κ1) is 31.9. The van der Waals surface area contributed by atoms with E-state index < -0.39 is 40.8 Å². The van der Waals surface area contributed by atoms with Crippen LogP contribution in [0.4, 0.5) is 23.2 Å². The average Bonchev–Trinajstić information content (AvgIpc) is 3.65. The number of carbonyl (C=O) groups is 3. The monoisotopic (exact) mass is 611 g/mol. The number of amides is 1. The maximum Gasteiger partial charge on any atom is 0.416 e. The van der Waals surface area contributed by atoms with Crippen molar-refractivity contribution >= 4 is 23.5 Å². The van der Waals surface area contributed by atoms with Gasteiger partial charge in [0.15, 0.2) is 0 Å². The molecule has 0 radical (unpaired) electrons. The van der Waals surface area contributed by atoms with Crippen molar-refractivity contribution in [2.75, 3.05) is 5.32 Å². The molecular formula is C32H29F4N3O5. The molecule has 0 aliphatic heterocycles. The standard InChI is InChI=1S/C25H23F4N3O3.C7H6O2/c1-14(2)12-32-13-15(11-30-32)18-5-4-17(10-19(18)22(33)34)31-23(35)24(7-8-24)20-6-3-16(9-21(20)26)25(27,28)29;8-7(9)6-4-2-1-3-5-6/h3-6,9-11,13-14H,7-8,12H2,1-2H3,(H,31,35)(H,33,34);1-5H,(H,8,9). The number of nitrogens with zero attached hydrogens (tertiary/aromatic N) is 2. The van der Waals surface area contributed by atoms with E-state index in [0.717, 1.165) is 12.1 Å². The Hall–Kier alpha value is -5.00. The first-order valence-corrected chi connectivity index (χ1v) is 13.6. The normalized spacial score (nSPS) is 13.5. The van der Waals surface area contributed by atoms with Gasteiger partial charge in [-0.05, 0) is 60.7 Å². The average molecular weight is 612 g/mol. The van der Waals surface area contributed by atoms with Gasteiger partial charge in [-0.2, -0.15) is 18.3 Å². The van der Waals surface area contributed by atoms with Gasteiger partial charge in [-0.25, -0.2) is 14.0 Å². The second-order valence-corrected chi connectivity index (χ2v) is 10.8. The van der Waals surface area contributed by atoms with Crippen molar-refractivity contribution in [1.82, 2.24) is 9.78 Å². The van der Waals surface area contributed by atoms with Gasteiger partial charge < -0.3 is 15.5 Å². The Kier molecular flexibility index (Phi) is 9.22. The molecule has 3 aromatic carbocycles. The number of rotatable bonds is 8. The van der Waals surface area contributed by atoms with Crippen molar-refractivity contribution in [2.45, 2.75) is 44.8 Å². The van der Waals surface area contributed by atoms with Crippen LogP contribution in [0.15, 0.2) is 79.1 Å². The summed E-state index contributed by atoms with van der Waals surface area (Å²) in [6.45, 7) is 4.73. The van der Waals surface area contributed by atoms with E-state index in [4.69, 9.17) is 5.11 Å². The Bertz CT molecular complexity index is 1680. The fourth-order valence-electron chi connectivity index (χ4n) is 4.68. The van der Waals surface area contributed by atoms with E-state index in [1.165, 1.54) is 12.1 Å². The van der Waals surface area contributed by atoms with Gasteiger partial charge in [0.05, 0.1) is 28.3 Å². The topological polar surface area (TPSA) is 122 Å². The van der Waals surface area contributed by atoms with E-state index in [9.17, 15) is 37.1 Å². The smallest absolute Gasteiger partial charge is 0.416 e. The number of hydrogen-bond donors (Lipinski definition) is 3. The number of anilines is 1. The molecule has 1 amide bonds. The van der Waals surface area contributed by atoms with Crippen LogP contribution in [0.5, 0.6) is 0 Å². The number of alkyl halides is 3. The molecule has 0 bridgehead atoms. The highest BCUT2D eigenvalue weighted by molar-refractivity contribution is 6.03. The van der Waals surface area contributed by atoms with Crippen LogP contribution in [0.25, 0.3) is 11.1 Å². The minimum atomic E-state index is -4.70. The third-order valence-electron chi connectivity index (χ3n) is 7.02. The highest BCUT2D eigenvalue weighted by Crippen LogP contribution is 2.50. The zero-order valence-corrected chi connectivity index (χ0v) is 23.7. The summed E-state index contributed by atoms with van der Waals surface area (Å²) >= 11 is 0. The summed E-state index contributed by atoms with van der Waals surface area (Å²) in [6, 6.07) is 14.8. The van der Waals surface area contributed by atoms with Gasteiger partial charge in [-0.15, -0.1) is 0 Å². The zero-order chi connectivity index (χ0) is 32.2. The van der Waals surface area contributed by atoms with Gasteiger partial charge in [0.25, 0.3) is 0 Å². The molecule has 4 aromatic rings. The molecule has 0 unspecified atom stereocenters. The summed E-state index contributed by atoms with van der Waals surface area (Å²) in [5.74, 6) is -3.45. The molecule has 1 aliphatic carbocycles. The quantitative estimate of drug-likeness (QED) is 0.183. The van der Waals surface area contributed by atoms with E-state index >= 15 is 0 Å². The lowest BCUT2D eigenvalue weighted by molar-refractivity contribution is -0.137. The van der Waals surface area contributed by atoms with E-state index in [1.807, 2.05) is 13.8 Å². The number of carbonyl (C=O) groups excluding carboxylic acids is 1. The molecule has 0 saturated heterocycles. The largest absolute Gasteiger partial charge is 0.478 e. The summed E-state index contributed by atoms with van der Waals surface area (Å²) in [6.07, 6.45) is -0.861. The van der Waals surface area contributed by atoms with Crippen molar-refractivity contribution < 1.29 is 42.2 Å². The van der Waals surface area contributed by atoms with Crippen molar-refractivity contribution in [3.05, 3.63) is 107 Å². The van der Waals surface area contributed by atoms with Crippen LogP contribution in [-0.4, -0.2) is 37.8 Å². The molecule has 1 fully saturated rings. The fourth-order valence-corrected chi connectivity index (χ4v) is 4.68. The third-order valence-corrected chi connectivity index (χ3v) is 7.02. The summed E-state index contributed by atoms with van der Waals surface area (Å²) in [7, 11) is 0. The molecule has 44 heavy (non-hydrogen) atoms. The molecule has 0 atom stereocenters. The van der Waals surface area contributed by atoms with E-state index in [0.29, 0.717) is 35.2 Å². The Balaban J connectivity index is 0.000000421. The highest BCUT2D eigenvalue weighted by atomic mass is 19.4. The lowest BCUT2D eigenvalue weighted by atomic mass is 9.93. The van der Waals surface area contributed by atoms with Crippen molar-refractivity contribution in [1.29, 1.82) is 0 Å². The number of nitrogens with one attached hydrogen (secondary N) is 1. The number of hydrogen-bond acceptors (Lipinski definition) is 4. The van der Waals surface area contributed by atoms with Crippen molar-refractivity contribution in [3.8, 4) is 11.1 Å². The van der Waals surface area contributed by atoms with Gasteiger partial charge in [0.1, 0.15) is 5.82 Å². The molecule has 5 rings (SSSR count). The number of halogens is 4. The Morgan fingerprint density at radius 1 is 0.977 bits per heavy atom. The van der Waals surface area contributed by atoms with Crippen LogP contribution in [0.2, 0.25) is 0 Å². The molecule has 12 heteroatoms. The number of benzene rings is 3. The number of carboxylic acid groups (broad SMARTS) is 2.